The molecule has 0 spiro atoms. The Balaban J connectivity index is 2.27. The van der Waals surface area contributed by atoms with Gasteiger partial charge in [0.1, 0.15) is 18.0 Å². The highest BCUT2D eigenvalue weighted by atomic mass is 16.2. The molecule has 3 N–H and O–H groups in total. The molecule has 1 unspecified atom stereocenters. The Morgan fingerprint density at radius 2 is 2.32 bits per heavy atom. The SMILES string of the molecule is CCc1c(N)ncnc1N1CCC(C)(C(=O)NC)C1. The van der Waals surface area contributed by atoms with Crippen molar-refractivity contribution in [3.05, 3.63) is 11.9 Å². The van der Waals surface area contributed by atoms with E-state index in [-0.39, 0.29) is 11.3 Å². The molecule has 0 saturated carbocycles. The van der Waals surface area contributed by atoms with Crippen molar-refractivity contribution in [2.45, 2.75) is 26.7 Å². The highest BCUT2D eigenvalue weighted by Gasteiger charge is 2.40. The molecule has 0 bridgehead atoms. The summed E-state index contributed by atoms with van der Waals surface area (Å²) in [4.78, 5) is 22.4. The monoisotopic (exact) mass is 263 g/mol. The maximum atomic E-state index is 11.9. The lowest BCUT2D eigenvalue weighted by atomic mass is 9.89. The quantitative estimate of drug-likeness (QED) is 0.833. The van der Waals surface area contributed by atoms with Crippen molar-refractivity contribution in [2.24, 2.45) is 5.41 Å². The molecule has 6 heteroatoms. The van der Waals surface area contributed by atoms with Gasteiger partial charge in [-0.1, -0.05) is 6.92 Å². The zero-order chi connectivity index (χ0) is 14.0. The van der Waals surface area contributed by atoms with Gasteiger partial charge in [-0.05, 0) is 19.8 Å². The number of carbonyl (C=O) groups is 1. The predicted molar refractivity (Wildman–Crippen MR) is 74.8 cm³/mol. The fourth-order valence-corrected chi connectivity index (χ4v) is 2.66. The predicted octanol–water partition coefficient (Wildman–Crippen LogP) is 0.584. The minimum Gasteiger partial charge on any atom is -0.383 e. The zero-order valence-electron chi connectivity index (χ0n) is 11.7. The van der Waals surface area contributed by atoms with Crippen molar-refractivity contribution < 1.29 is 4.79 Å². The van der Waals surface area contributed by atoms with Crippen molar-refractivity contribution in [1.82, 2.24) is 15.3 Å². The first-order valence-corrected chi connectivity index (χ1v) is 6.58. The Labute approximate surface area is 113 Å². The van der Waals surface area contributed by atoms with Gasteiger partial charge < -0.3 is 16.0 Å². The van der Waals surface area contributed by atoms with Crippen molar-refractivity contribution in [3.63, 3.8) is 0 Å². The number of amides is 1. The average Bonchev–Trinajstić information content (AvgIpc) is 2.81. The van der Waals surface area contributed by atoms with E-state index in [2.05, 4.69) is 20.2 Å². The lowest BCUT2D eigenvalue weighted by Crippen LogP contribution is -2.39. The van der Waals surface area contributed by atoms with Crippen LogP contribution in [0.1, 0.15) is 25.8 Å². The Morgan fingerprint density at radius 1 is 1.58 bits per heavy atom. The fraction of sp³-hybridized carbons (Fsp3) is 0.615. The van der Waals surface area contributed by atoms with Crippen LogP contribution in [-0.4, -0.2) is 36.0 Å². The molecular formula is C13H21N5O. The fourth-order valence-electron chi connectivity index (χ4n) is 2.66. The number of nitrogens with zero attached hydrogens (tertiary/aromatic N) is 3. The summed E-state index contributed by atoms with van der Waals surface area (Å²) in [6, 6.07) is 0. The lowest BCUT2D eigenvalue weighted by Gasteiger charge is -2.24. The molecule has 0 radical (unpaired) electrons. The van der Waals surface area contributed by atoms with Crippen molar-refractivity contribution in [1.29, 1.82) is 0 Å². The average molecular weight is 263 g/mol. The maximum absolute atomic E-state index is 11.9. The van der Waals surface area contributed by atoms with Gasteiger partial charge in [-0.3, -0.25) is 4.79 Å². The van der Waals surface area contributed by atoms with Crippen LogP contribution >= 0.6 is 0 Å². The van der Waals surface area contributed by atoms with Crippen LogP contribution in [0.4, 0.5) is 11.6 Å². The second-order valence-electron chi connectivity index (χ2n) is 5.23. The maximum Gasteiger partial charge on any atom is 0.227 e. The van der Waals surface area contributed by atoms with Gasteiger partial charge in [0.05, 0.1) is 5.41 Å². The van der Waals surface area contributed by atoms with Crippen LogP contribution in [0.15, 0.2) is 6.33 Å². The van der Waals surface area contributed by atoms with E-state index in [0.717, 1.165) is 30.8 Å². The number of nitrogen functional groups attached to an aromatic ring is 1. The molecule has 1 atom stereocenters. The largest absolute Gasteiger partial charge is 0.383 e. The molecular weight excluding hydrogens is 242 g/mol. The highest BCUT2D eigenvalue weighted by Crippen LogP contribution is 2.34. The van der Waals surface area contributed by atoms with E-state index in [9.17, 15) is 4.79 Å². The third-order valence-corrected chi connectivity index (χ3v) is 3.86. The van der Waals surface area contributed by atoms with E-state index in [1.54, 1.807) is 7.05 Å². The molecule has 104 valence electrons. The second kappa shape index (κ2) is 5.03. The molecule has 1 amide bonds. The summed E-state index contributed by atoms with van der Waals surface area (Å²) in [6.07, 6.45) is 3.09. The topological polar surface area (TPSA) is 84.1 Å². The third-order valence-electron chi connectivity index (χ3n) is 3.86. The van der Waals surface area contributed by atoms with E-state index in [1.165, 1.54) is 6.33 Å². The van der Waals surface area contributed by atoms with Gasteiger partial charge in [0.2, 0.25) is 5.91 Å². The number of nitrogens with two attached hydrogens (primary N) is 1. The van der Waals surface area contributed by atoms with Crippen LogP contribution < -0.4 is 16.0 Å². The zero-order valence-corrected chi connectivity index (χ0v) is 11.7. The molecule has 6 nitrogen and oxygen atoms in total. The van der Waals surface area contributed by atoms with Gasteiger partial charge in [-0.15, -0.1) is 0 Å². The molecule has 1 aliphatic heterocycles. The molecule has 0 aliphatic carbocycles. The first-order valence-electron chi connectivity index (χ1n) is 6.58. The highest BCUT2D eigenvalue weighted by molar-refractivity contribution is 5.83. The minimum atomic E-state index is -0.362. The summed E-state index contributed by atoms with van der Waals surface area (Å²) in [5.74, 6) is 1.47. The first-order chi connectivity index (χ1) is 9.01. The summed E-state index contributed by atoms with van der Waals surface area (Å²) in [5, 5.41) is 2.74. The first kappa shape index (κ1) is 13.6. The summed E-state index contributed by atoms with van der Waals surface area (Å²) >= 11 is 0. The van der Waals surface area contributed by atoms with Crippen molar-refractivity contribution in [2.75, 3.05) is 30.8 Å². The Bertz CT molecular complexity index is 490. The summed E-state index contributed by atoms with van der Waals surface area (Å²) < 4.78 is 0. The van der Waals surface area contributed by atoms with Crippen LogP contribution in [0.3, 0.4) is 0 Å². The second-order valence-corrected chi connectivity index (χ2v) is 5.23. The summed E-state index contributed by atoms with van der Waals surface area (Å²) in [7, 11) is 1.68. The van der Waals surface area contributed by atoms with Crippen molar-refractivity contribution >= 4 is 17.5 Å². The molecule has 1 fully saturated rings. The van der Waals surface area contributed by atoms with Crippen LogP contribution in [0, 0.1) is 5.41 Å². The van der Waals surface area contributed by atoms with Crippen molar-refractivity contribution in [3.8, 4) is 0 Å². The normalized spacial score (nSPS) is 22.6. The molecule has 1 aliphatic rings. The number of hydrogen-bond donors (Lipinski definition) is 2. The van der Waals surface area contributed by atoms with Gasteiger partial charge in [0.25, 0.3) is 0 Å². The Kier molecular flexibility index (Phi) is 3.59. The van der Waals surface area contributed by atoms with E-state index in [0.29, 0.717) is 12.4 Å². The van der Waals surface area contributed by atoms with E-state index >= 15 is 0 Å². The van der Waals surface area contributed by atoms with Crippen LogP contribution in [0.25, 0.3) is 0 Å². The number of anilines is 2. The summed E-state index contributed by atoms with van der Waals surface area (Å²) in [5.41, 5.74) is 6.50. The standard InChI is InChI=1S/C13H21N5O/c1-4-9-10(14)16-8-17-11(9)18-6-5-13(2,7-18)12(19)15-3/h8H,4-7H2,1-3H3,(H,15,19)(H2,14,16,17). The molecule has 19 heavy (non-hydrogen) atoms. The molecule has 1 aromatic rings. The third kappa shape index (κ3) is 2.34. The number of aromatic nitrogens is 2. The van der Waals surface area contributed by atoms with Crippen LogP contribution in [0.2, 0.25) is 0 Å². The number of carbonyl (C=O) groups excluding carboxylic acids is 1. The van der Waals surface area contributed by atoms with E-state index in [1.807, 2.05) is 13.8 Å². The van der Waals surface area contributed by atoms with Gasteiger partial charge in [-0.25, -0.2) is 9.97 Å². The van der Waals surface area contributed by atoms with Gasteiger partial charge >= 0.3 is 0 Å². The van der Waals surface area contributed by atoms with E-state index < -0.39 is 0 Å². The lowest BCUT2D eigenvalue weighted by molar-refractivity contribution is -0.128. The Morgan fingerprint density at radius 3 is 2.95 bits per heavy atom. The minimum absolute atomic E-state index is 0.0788. The number of nitrogens with one attached hydrogen (secondary N) is 1. The number of hydrogen-bond acceptors (Lipinski definition) is 5. The smallest absolute Gasteiger partial charge is 0.227 e. The molecule has 1 aromatic heterocycles. The number of rotatable bonds is 3. The van der Waals surface area contributed by atoms with Crippen LogP contribution in [0.5, 0.6) is 0 Å². The molecule has 2 rings (SSSR count). The van der Waals surface area contributed by atoms with Crippen LogP contribution in [-0.2, 0) is 11.2 Å². The Hall–Kier alpha value is -1.85. The van der Waals surface area contributed by atoms with E-state index in [4.69, 9.17) is 5.73 Å². The van der Waals surface area contributed by atoms with Gasteiger partial charge in [0.15, 0.2) is 0 Å². The van der Waals surface area contributed by atoms with Gasteiger partial charge in [-0.2, -0.15) is 0 Å². The molecule has 0 aromatic carbocycles. The molecule has 2 heterocycles. The summed E-state index contributed by atoms with van der Waals surface area (Å²) in [6.45, 7) is 5.50. The molecule has 1 saturated heterocycles. The van der Waals surface area contributed by atoms with Gasteiger partial charge in [0, 0.05) is 25.7 Å².